The molecule has 7 heteroatoms. The van der Waals surface area contributed by atoms with Crippen molar-refractivity contribution in [2.75, 3.05) is 5.32 Å². The van der Waals surface area contributed by atoms with Gasteiger partial charge < -0.3 is 10.1 Å². The van der Waals surface area contributed by atoms with Crippen LogP contribution in [0.1, 0.15) is 38.3 Å². The Morgan fingerprint density at radius 2 is 1.88 bits per heavy atom. The summed E-state index contributed by atoms with van der Waals surface area (Å²) in [5.74, 6) is 0.605. The molecule has 0 fully saturated rings. The topological polar surface area (TPSA) is 56.1 Å². The number of amides is 1. The van der Waals surface area contributed by atoms with Gasteiger partial charge in [-0.15, -0.1) is 0 Å². The van der Waals surface area contributed by atoms with Crippen LogP contribution in [-0.4, -0.2) is 15.7 Å². The van der Waals surface area contributed by atoms with E-state index < -0.39 is 0 Å². The highest BCUT2D eigenvalue weighted by molar-refractivity contribution is 6.31. The van der Waals surface area contributed by atoms with E-state index in [1.165, 1.54) is 12.1 Å². The Bertz CT molecular complexity index is 1350. The van der Waals surface area contributed by atoms with Crippen molar-refractivity contribution in [2.45, 2.75) is 33.9 Å². The predicted molar refractivity (Wildman–Crippen MR) is 132 cm³/mol. The van der Waals surface area contributed by atoms with Gasteiger partial charge in [0.15, 0.2) is 5.82 Å². The van der Waals surface area contributed by atoms with Crippen LogP contribution in [0.2, 0.25) is 5.02 Å². The van der Waals surface area contributed by atoms with E-state index in [4.69, 9.17) is 16.3 Å². The van der Waals surface area contributed by atoms with Crippen LogP contribution in [-0.2, 0) is 13.2 Å². The van der Waals surface area contributed by atoms with E-state index in [1.807, 2.05) is 57.2 Å². The summed E-state index contributed by atoms with van der Waals surface area (Å²) in [6.45, 7) is 6.63. The first kappa shape index (κ1) is 23.5. The highest BCUT2D eigenvalue weighted by Crippen LogP contribution is 2.22. The molecule has 3 aromatic carbocycles. The van der Waals surface area contributed by atoms with Crippen molar-refractivity contribution in [3.05, 3.63) is 111 Å². The highest BCUT2D eigenvalue weighted by atomic mass is 35.5. The summed E-state index contributed by atoms with van der Waals surface area (Å²) in [4.78, 5) is 12.8. The van der Waals surface area contributed by atoms with Crippen LogP contribution in [0, 0.1) is 26.6 Å². The average Bonchev–Trinajstić information content (AvgIpc) is 3.15. The molecule has 1 N–H and O–H groups in total. The molecule has 0 saturated heterocycles. The maximum atomic E-state index is 13.3. The van der Waals surface area contributed by atoms with Crippen LogP contribution in [0.3, 0.4) is 0 Å². The van der Waals surface area contributed by atoms with Crippen molar-refractivity contribution in [1.29, 1.82) is 0 Å². The number of hydrogen-bond acceptors (Lipinski definition) is 3. The summed E-state index contributed by atoms with van der Waals surface area (Å²) in [7, 11) is 0. The van der Waals surface area contributed by atoms with Crippen LogP contribution < -0.4 is 10.1 Å². The van der Waals surface area contributed by atoms with Gasteiger partial charge in [-0.1, -0.05) is 41.9 Å². The minimum atomic E-state index is -0.388. The Kier molecular flexibility index (Phi) is 6.98. The third-order valence-corrected chi connectivity index (χ3v) is 5.84. The van der Waals surface area contributed by atoms with Crippen molar-refractivity contribution >= 4 is 23.3 Å². The van der Waals surface area contributed by atoms with Gasteiger partial charge in [0.25, 0.3) is 5.91 Å². The first-order valence-corrected chi connectivity index (χ1v) is 11.2. The molecule has 4 rings (SSSR count). The molecule has 0 radical (unpaired) electrons. The van der Waals surface area contributed by atoms with E-state index >= 15 is 0 Å². The fourth-order valence-corrected chi connectivity index (χ4v) is 3.78. The quantitative estimate of drug-likeness (QED) is 0.331. The lowest BCUT2D eigenvalue weighted by Gasteiger charge is -2.11. The molecule has 34 heavy (non-hydrogen) atoms. The SMILES string of the molecule is Cc1ccc(C)c(OCc2cccc(C(=O)Nc3cc(C)n(Cc4ccc(F)cc4Cl)n3)c2)c1. The summed E-state index contributed by atoms with van der Waals surface area (Å²) in [6, 6.07) is 19.4. The molecular formula is C27H25ClFN3O2. The summed E-state index contributed by atoms with van der Waals surface area (Å²) in [5, 5.41) is 7.63. The number of carbonyl (C=O) groups excluding carboxylic acids is 1. The lowest BCUT2D eigenvalue weighted by atomic mass is 10.1. The summed E-state index contributed by atoms with van der Waals surface area (Å²) >= 11 is 6.14. The predicted octanol–water partition coefficient (Wildman–Crippen LogP) is 6.48. The van der Waals surface area contributed by atoms with E-state index in [2.05, 4.69) is 10.4 Å². The molecule has 0 aliphatic rings. The van der Waals surface area contributed by atoms with E-state index in [1.54, 1.807) is 22.9 Å². The number of nitrogens with one attached hydrogen (secondary N) is 1. The van der Waals surface area contributed by atoms with Crippen molar-refractivity contribution in [2.24, 2.45) is 0 Å². The molecule has 0 spiro atoms. The van der Waals surface area contributed by atoms with Crippen LogP contribution in [0.15, 0.2) is 66.7 Å². The molecule has 1 heterocycles. The van der Waals surface area contributed by atoms with Crippen LogP contribution >= 0.6 is 11.6 Å². The molecule has 0 saturated carbocycles. The lowest BCUT2D eigenvalue weighted by Crippen LogP contribution is -2.13. The number of rotatable bonds is 7. The molecule has 0 aliphatic heterocycles. The average molecular weight is 478 g/mol. The minimum absolute atomic E-state index is 0.266. The molecule has 1 amide bonds. The monoisotopic (exact) mass is 477 g/mol. The van der Waals surface area contributed by atoms with Crippen molar-refractivity contribution < 1.29 is 13.9 Å². The van der Waals surface area contributed by atoms with Crippen LogP contribution in [0.25, 0.3) is 0 Å². The second kappa shape index (κ2) is 10.1. The van der Waals surface area contributed by atoms with E-state index in [9.17, 15) is 9.18 Å². The zero-order valence-corrected chi connectivity index (χ0v) is 20.0. The maximum Gasteiger partial charge on any atom is 0.256 e. The summed E-state index contributed by atoms with van der Waals surface area (Å²) in [5.41, 5.74) is 5.17. The Labute approximate surface area is 203 Å². The first-order valence-electron chi connectivity index (χ1n) is 10.9. The number of benzene rings is 3. The maximum absolute atomic E-state index is 13.3. The van der Waals surface area contributed by atoms with Gasteiger partial charge in [0.05, 0.1) is 6.54 Å². The van der Waals surface area contributed by atoms with Crippen LogP contribution in [0.5, 0.6) is 5.75 Å². The van der Waals surface area contributed by atoms with Crippen LogP contribution in [0.4, 0.5) is 10.2 Å². The number of nitrogens with zero attached hydrogens (tertiary/aromatic N) is 2. The minimum Gasteiger partial charge on any atom is -0.489 e. The number of aromatic nitrogens is 2. The van der Waals surface area contributed by atoms with Gasteiger partial charge in [-0.25, -0.2) is 4.39 Å². The molecule has 4 aromatic rings. The summed E-state index contributed by atoms with van der Waals surface area (Å²) < 4.78 is 21.0. The van der Waals surface area contributed by atoms with E-state index in [0.29, 0.717) is 29.6 Å². The van der Waals surface area contributed by atoms with Gasteiger partial charge >= 0.3 is 0 Å². The third-order valence-electron chi connectivity index (χ3n) is 5.49. The molecule has 0 unspecified atom stereocenters. The molecule has 0 aliphatic carbocycles. The van der Waals surface area contributed by atoms with Gasteiger partial charge in [-0.3, -0.25) is 9.48 Å². The Hall–Kier alpha value is -3.64. The number of ether oxygens (including phenoxy) is 1. The van der Waals surface area contributed by atoms with Crippen molar-refractivity contribution in [3.63, 3.8) is 0 Å². The smallest absolute Gasteiger partial charge is 0.256 e. The van der Waals surface area contributed by atoms with Gasteiger partial charge in [0.1, 0.15) is 18.2 Å². The van der Waals surface area contributed by atoms with Gasteiger partial charge in [0.2, 0.25) is 0 Å². The molecular weight excluding hydrogens is 453 g/mol. The third kappa shape index (κ3) is 5.64. The van der Waals surface area contributed by atoms with E-state index in [-0.39, 0.29) is 11.7 Å². The molecule has 1 aromatic heterocycles. The normalized spacial score (nSPS) is 10.9. The van der Waals surface area contributed by atoms with Gasteiger partial charge in [0, 0.05) is 22.3 Å². The zero-order valence-electron chi connectivity index (χ0n) is 19.2. The Morgan fingerprint density at radius 3 is 2.68 bits per heavy atom. The van der Waals surface area contributed by atoms with Gasteiger partial charge in [-0.2, -0.15) is 5.10 Å². The van der Waals surface area contributed by atoms with Gasteiger partial charge in [-0.05, 0) is 73.4 Å². The number of aryl methyl sites for hydroxylation is 3. The standard InChI is InChI=1S/C27H25ClFN3O2/c1-17-7-8-18(2)25(11-17)34-16-20-5-4-6-21(13-20)27(33)30-26-12-19(3)32(31-26)15-22-9-10-23(29)14-24(22)28/h4-14H,15-16H2,1-3H3,(H,30,31,33). The fourth-order valence-electron chi connectivity index (χ4n) is 3.56. The van der Waals surface area contributed by atoms with Crippen molar-refractivity contribution in [3.8, 4) is 5.75 Å². The highest BCUT2D eigenvalue weighted by Gasteiger charge is 2.12. The largest absolute Gasteiger partial charge is 0.489 e. The van der Waals surface area contributed by atoms with Crippen molar-refractivity contribution in [1.82, 2.24) is 9.78 Å². The summed E-state index contributed by atoms with van der Waals surface area (Å²) in [6.07, 6.45) is 0. The molecule has 5 nitrogen and oxygen atoms in total. The lowest BCUT2D eigenvalue weighted by molar-refractivity contribution is 0.102. The zero-order chi connectivity index (χ0) is 24.2. The molecule has 0 bridgehead atoms. The molecule has 174 valence electrons. The molecule has 0 atom stereocenters. The number of carbonyl (C=O) groups is 1. The Balaban J connectivity index is 1.43. The second-order valence-electron chi connectivity index (χ2n) is 8.28. The van der Waals surface area contributed by atoms with E-state index in [0.717, 1.165) is 33.7 Å². The number of anilines is 1. The fraction of sp³-hybridized carbons (Fsp3) is 0.185. The number of hydrogen-bond donors (Lipinski definition) is 1. The second-order valence-corrected chi connectivity index (χ2v) is 8.68. The number of halogens is 2. The Morgan fingerprint density at radius 1 is 1.06 bits per heavy atom. The first-order chi connectivity index (χ1) is 16.3.